The lowest BCUT2D eigenvalue weighted by molar-refractivity contribution is -0.118. The first kappa shape index (κ1) is 14.3. The van der Waals surface area contributed by atoms with E-state index in [1.165, 1.54) is 12.1 Å². The minimum Gasteiger partial charge on any atom is -0.405 e. The van der Waals surface area contributed by atoms with Crippen LogP contribution in [0.1, 0.15) is 17.9 Å². The number of halogens is 2. The van der Waals surface area contributed by atoms with Crippen molar-refractivity contribution in [2.45, 2.75) is 19.8 Å². The van der Waals surface area contributed by atoms with E-state index in [1.807, 2.05) is 0 Å². The summed E-state index contributed by atoms with van der Waals surface area (Å²) >= 11 is 5.87. The number of carbonyl (C=O) groups excluding carboxylic acids is 1. The summed E-state index contributed by atoms with van der Waals surface area (Å²) in [6, 6.07) is 2.92. The number of primary amides is 1. The van der Waals surface area contributed by atoms with Crippen LogP contribution in [-0.2, 0) is 11.2 Å². The Hall–Kier alpha value is -2.15. The molecule has 0 aliphatic rings. The van der Waals surface area contributed by atoms with Crippen molar-refractivity contribution >= 4 is 17.5 Å². The molecule has 0 aliphatic carbocycles. The zero-order valence-corrected chi connectivity index (χ0v) is 11.3. The summed E-state index contributed by atoms with van der Waals surface area (Å²) in [7, 11) is 0. The van der Waals surface area contributed by atoms with Gasteiger partial charge in [-0.15, -0.1) is 5.10 Å². The second kappa shape index (κ2) is 5.87. The zero-order valence-electron chi connectivity index (χ0n) is 10.5. The number of hydrogen-bond donors (Lipinski definition) is 1. The van der Waals surface area contributed by atoms with Gasteiger partial charge in [0.15, 0.2) is 11.6 Å². The molecule has 0 saturated heterocycles. The molecule has 0 fully saturated rings. The van der Waals surface area contributed by atoms with Crippen LogP contribution in [0.2, 0.25) is 5.02 Å². The first-order valence-corrected chi connectivity index (χ1v) is 6.08. The Morgan fingerprint density at radius 2 is 2.25 bits per heavy atom. The predicted octanol–water partition coefficient (Wildman–Crippen LogP) is 2.38. The van der Waals surface area contributed by atoms with E-state index in [2.05, 4.69) is 10.2 Å². The van der Waals surface area contributed by atoms with Crippen LogP contribution in [0.15, 0.2) is 16.5 Å². The Morgan fingerprint density at radius 3 is 2.85 bits per heavy atom. The molecule has 0 saturated carbocycles. The van der Waals surface area contributed by atoms with Gasteiger partial charge in [-0.05, 0) is 18.1 Å². The van der Waals surface area contributed by atoms with Gasteiger partial charge in [0, 0.05) is 13.3 Å². The molecule has 0 radical (unpaired) electrons. The van der Waals surface area contributed by atoms with Gasteiger partial charge in [0.1, 0.15) is 0 Å². The summed E-state index contributed by atoms with van der Waals surface area (Å²) in [5, 5.41) is 7.20. The quantitative estimate of drug-likeness (QED) is 0.915. The minimum absolute atomic E-state index is 0.0255. The monoisotopic (exact) mass is 299 g/mol. The highest BCUT2D eigenvalue weighted by Crippen LogP contribution is 2.33. The summed E-state index contributed by atoms with van der Waals surface area (Å²) < 4.78 is 24.4. The Morgan fingerprint density at radius 1 is 1.50 bits per heavy atom. The average molecular weight is 300 g/mol. The molecule has 0 aliphatic heterocycles. The first-order valence-electron chi connectivity index (χ1n) is 5.70. The van der Waals surface area contributed by atoms with Gasteiger partial charge in [-0.3, -0.25) is 4.79 Å². The Labute approximate surface area is 118 Å². The molecule has 2 aromatic rings. The number of rotatable bonds is 5. The molecule has 20 heavy (non-hydrogen) atoms. The van der Waals surface area contributed by atoms with Gasteiger partial charge in [0.25, 0.3) is 0 Å². The van der Waals surface area contributed by atoms with E-state index < -0.39 is 11.7 Å². The topological polar surface area (TPSA) is 91.2 Å². The molecule has 106 valence electrons. The number of benzene rings is 1. The maximum atomic E-state index is 14.2. The Bertz CT molecular complexity index is 645. The fraction of sp³-hybridized carbons (Fsp3) is 0.250. The van der Waals surface area contributed by atoms with Crippen molar-refractivity contribution < 1.29 is 18.3 Å². The number of nitrogens with zero attached hydrogens (tertiary/aromatic N) is 2. The zero-order chi connectivity index (χ0) is 14.7. The third kappa shape index (κ3) is 3.24. The number of hydrogen-bond acceptors (Lipinski definition) is 5. The molecule has 0 spiro atoms. The molecular weight excluding hydrogens is 289 g/mol. The van der Waals surface area contributed by atoms with Crippen LogP contribution in [0.4, 0.5) is 4.39 Å². The number of carbonyl (C=O) groups is 1. The van der Waals surface area contributed by atoms with E-state index in [0.29, 0.717) is 0 Å². The molecule has 1 aromatic heterocycles. The van der Waals surface area contributed by atoms with Crippen molar-refractivity contribution in [2.24, 2.45) is 5.73 Å². The van der Waals surface area contributed by atoms with E-state index in [9.17, 15) is 9.18 Å². The van der Waals surface area contributed by atoms with Crippen molar-refractivity contribution in [2.75, 3.05) is 0 Å². The van der Waals surface area contributed by atoms with E-state index in [1.54, 1.807) is 6.92 Å². The molecule has 1 aromatic carbocycles. The maximum absolute atomic E-state index is 14.2. The van der Waals surface area contributed by atoms with E-state index in [4.69, 9.17) is 26.5 Å². The van der Waals surface area contributed by atoms with Crippen molar-refractivity contribution in [3.8, 4) is 11.8 Å². The summed E-state index contributed by atoms with van der Waals surface area (Å²) in [5.74, 6) is -1.15. The number of amides is 1. The molecule has 2 N–H and O–H groups in total. The molecule has 6 nitrogen and oxygen atoms in total. The minimum atomic E-state index is -0.686. The highest BCUT2D eigenvalue weighted by atomic mass is 35.5. The predicted molar refractivity (Wildman–Crippen MR) is 68.0 cm³/mol. The molecule has 0 bridgehead atoms. The van der Waals surface area contributed by atoms with Gasteiger partial charge in [-0.25, -0.2) is 4.39 Å². The summed E-state index contributed by atoms with van der Waals surface area (Å²) in [6.45, 7) is 1.57. The van der Waals surface area contributed by atoms with Crippen LogP contribution < -0.4 is 10.5 Å². The second-order valence-electron chi connectivity index (χ2n) is 4.00. The van der Waals surface area contributed by atoms with Crippen LogP contribution >= 0.6 is 11.6 Å². The number of aryl methyl sites for hydroxylation is 2. The number of aromatic nitrogens is 2. The lowest BCUT2D eigenvalue weighted by atomic mass is 10.1. The van der Waals surface area contributed by atoms with Crippen LogP contribution in [0.5, 0.6) is 11.8 Å². The highest BCUT2D eigenvalue weighted by Gasteiger charge is 2.17. The average Bonchev–Trinajstić information content (AvgIpc) is 2.79. The van der Waals surface area contributed by atoms with Gasteiger partial charge in [0.2, 0.25) is 11.8 Å². The fourth-order valence-electron chi connectivity index (χ4n) is 1.52. The second-order valence-corrected chi connectivity index (χ2v) is 4.41. The van der Waals surface area contributed by atoms with Gasteiger partial charge in [0.05, 0.1) is 5.02 Å². The molecule has 0 atom stereocenters. The van der Waals surface area contributed by atoms with E-state index >= 15 is 0 Å². The third-order valence-electron chi connectivity index (χ3n) is 2.47. The van der Waals surface area contributed by atoms with Crippen LogP contribution in [0.25, 0.3) is 0 Å². The fourth-order valence-corrected chi connectivity index (χ4v) is 1.71. The van der Waals surface area contributed by atoms with Crippen molar-refractivity contribution in [3.63, 3.8) is 0 Å². The standard InChI is InChI=1S/C12H11ClFN3O3/c1-6-16-17-12(19-6)20-11-8(13)4-2-7(10(11)14)3-5-9(15)18/h2,4H,3,5H2,1H3,(H2,15,18). The summed E-state index contributed by atoms with van der Waals surface area (Å²) in [6.07, 6.45) is -0.0368. The van der Waals surface area contributed by atoms with Crippen LogP contribution in [0.3, 0.4) is 0 Å². The smallest absolute Gasteiger partial charge is 0.405 e. The van der Waals surface area contributed by atoms with Crippen LogP contribution in [-0.4, -0.2) is 16.1 Å². The van der Waals surface area contributed by atoms with E-state index in [-0.39, 0.29) is 41.1 Å². The van der Waals surface area contributed by atoms with Crippen LogP contribution in [0, 0.1) is 12.7 Å². The lowest BCUT2D eigenvalue weighted by Gasteiger charge is -2.08. The third-order valence-corrected chi connectivity index (χ3v) is 2.76. The molecular formula is C12H11ClFN3O3. The highest BCUT2D eigenvalue weighted by molar-refractivity contribution is 6.32. The van der Waals surface area contributed by atoms with Crippen molar-refractivity contribution in [1.82, 2.24) is 10.2 Å². The molecule has 0 unspecified atom stereocenters. The maximum Gasteiger partial charge on any atom is 0.420 e. The summed E-state index contributed by atoms with van der Waals surface area (Å²) in [5.41, 5.74) is 5.30. The SMILES string of the molecule is Cc1nnc(Oc2c(Cl)ccc(CCC(N)=O)c2F)o1. The number of ether oxygens (including phenoxy) is 1. The first-order chi connectivity index (χ1) is 9.47. The van der Waals surface area contributed by atoms with Crippen molar-refractivity contribution in [1.29, 1.82) is 0 Å². The van der Waals surface area contributed by atoms with Gasteiger partial charge >= 0.3 is 6.08 Å². The molecule has 1 amide bonds. The summed E-state index contributed by atoms with van der Waals surface area (Å²) in [4.78, 5) is 10.7. The van der Waals surface area contributed by atoms with Gasteiger partial charge in [-0.1, -0.05) is 22.8 Å². The molecule has 2 rings (SSSR count). The van der Waals surface area contributed by atoms with Gasteiger partial charge < -0.3 is 14.9 Å². The number of nitrogens with two attached hydrogens (primary N) is 1. The molecule has 8 heteroatoms. The van der Waals surface area contributed by atoms with Crippen molar-refractivity contribution in [3.05, 3.63) is 34.4 Å². The van der Waals surface area contributed by atoms with E-state index in [0.717, 1.165) is 0 Å². The largest absolute Gasteiger partial charge is 0.420 e. The molecule has 1 heterocycles. The lowest BCUT2D eigenvalue weighted by Crippen LogP contribution is -2.11. The Balaban J connectivity index is 2.27. The Kier molecular flexibility index (Phi) is 4.19. The normalized spacial score (nSPS) is 10.6. The van der Waals surface area contributed by atoms with Gasteiger partial charge in [-0.2, -0.15) is 0 Å².